The van der Waals surface area contributed by atoms with Crippen LogP contribution in [0.25, 0.3) is 0 Å². The van der Waals surface area contributed by atoms with Crippen LogP contribution in [0.4, 0.5) is 11.4 Å². The molecule has 2 aromatic rings. The molecule has 20 heavy (non-hydrogen) atoms. The van der Waals surface area contributed by atoms with Gasteiger partial charge in [0.1, 0.15) is 0 Å². The molecule has 0 spiro atoms. The van der Waals surface area contributed by atoms with Crippen LogP contribution in [0, 0.1) is 13.8 Å². The van der Waals surface area contributed by atoms with Crippen molar-refractivity contribution in [1.82, 2.24) is 0 Å². The molecule has 104 valence electrons. The van der Waals surface area contributed by atoms with Gasteiger partial charge in [-0.05, 0) is 55.3 Å². The zero-order valence-electron chi connectivity index (χ0n) is 11.1. The van der Waals surface area contributed by atoms with Gasteiger partial charge in [-0.15, -0.1) is 0 Å². The maximum atomic E-state index is 12.4. The van der Waals surface area contributed by atoms with Crippen LogP contribution in [-0.2, 0) is 0 Å². The van der Waals surface area contributed by atoms with Crippen LogP contribution in [0.2, 0.25) is 5.02 Å². The highest BCUT2D eigenvalue weighted by molar-refractivity contribution is 9.10. The first-order chi connectivity index (χ1) is 9.38. The van der Waals surface area contributed by atoms with Crippen molar-refractivity contribution < 1.29 is 4.79 Å². The smallest absolute Gasteiger partial charge is 0.256 e. The van der Waals surface area contributed by atoms with Gasteiger partial charge in [0.15, 0.2) is 0 Å². The van der Waals surface area contributed by atoms with Crippen molar-refractivity contribution in [2.75, 3.05) is 11.1 Å². The fourth-order valence-corrected chi connectivity index (χ4v) is 2.60. The normalized spacial score (nSPS) is 10.4. The van der Waals surface area contributed by atoms with Gasteiger partial charge in [0.2, 0.25) is 0 Å². The third-order valence-corrected chi connectivity index (χ3v) is 3.79. The zero-order valence-corrected chi connectivity index (χ0v) is 13.5. The molecule has 3 N–H and O–H groups in total. The van der Waals surface area contributed by atoms with E-state index in [1.165, 1.54) is 0 Å². The van der Waals surface area contributed by atoms with Crippen molar-refractivity contribution in [3.63, 3.8) is 0 Å². The van der Waals surface area contributed by atoms with Gasteiger partial charge in [-0.25, -0.2) is 0 Å². The van der Waals surface area contributed by atoms with Crippen molar-refractivity contribution in [3.8, 4) is 0 Å². The predicted octanol–water partition coefficient (Wildman–Crippen LogP) is 4.55. The van der Waals surface area contributed by atoms with E-state index in [1.54, 1.807) is 30.3 Å². The van der Waals surface area contributed by atoms with Gasteiger partial charge in [-0.2, -0.15) is 0 Å². The van der Waals surface area contributed by atoms with E-state index in [9.17, 15) is 4.79 Å². The standard InChI is InChI=1S/C15H14BrClN2O/c1-8-5-11(17)3-4-14(8)19-15(20)12-6-10(16)7-13(18)9(12)2/h3-7H,18H2,1-2H3,(H,19,20). The van der Waals surface area contributed by atoms with Crippen molar-refractivity contribution in [2.24, 2.45) is 0 Å². The van der Waals surface area contributed by atoms with Crippen molar-refractivity contribution in [1.29, 1.82) is 0 Å². The van der Waals surface area contributed by atoms with Crippen molar-refractivity contribution in [2.45, 2.75) is 13.8 Å². The average molecular weight is 354 g/mol. The van der Waals surface area contributed by atoms with Gasteiger partial charge in [0.25, 0.3) is 5.91 Å². The molecule has 0 heterocycles. The van der Waals surface area contributed by atoms with Gasteiger partial charge in [0.05, 0.1) is 0 Å². The monoisotopic (exact) mass is 352 g/mol. The lowest BCUT2D eigenvalue weighted by atomic mass is 10.1. The molecule has 0 saturated carbocycles. The largest absolute Gasteiger partial charge is 0.398 e. The molecule has 0 atom stereocenters. The van der Waals surface area contributed by atoms with Gasteiger partial charge in [-0.1, -0.05) is 27.5 Å². The Balaban J connectivity index is 2.33. The molecule has 0 aliphatic carbocycles. The van der Waals surface area contributed by atoms with E-state index in [1.807, 2.05) is 13.8 Å². The summed E-state index contributed by atoms with van der Waals surface area (Å²) in [5.41, 5.74) is 9.41. The molecule has 0 aliphatic heterocycles. The summed E-state index contributed by atoms with van der Waals surface area (Å²) in [4.78, 5) is 12.4. The minimum Gasteiger partial charge on any atom is -0.398 e. The van der Waals surface area contributed by atoms with Gasteiger partial charge in [-0.3, -0.25) is 4.79 Å². The van der Waals surface area contributed by atoms with Crippen LogP contribution in [0.15, 0.2) is 34.8 Å². The Morgan fingerprint density at radius 3 is 2.60 bits per heavy atom. The summed E-state index contributed by atoms with van der Waals surface area (Å²) < 4.78 is 0.776. The van der Waals surface area contributed by atoms with Crippen molar-refractivity contribution in [3.05, 3.63) is 56.5 Å². The minimum atomic E-state index is -0.194. The Kier molecular flexibility index (Phi) is 4.35. The zero-order chi connectivity index (χ0) is 14.9. The molecule has 0 saturated heterocycles. The van der Waals surface area contributed by atoms with Gasteiger partial charge < -0.3 is 11.1 Å². The lowest BCUT2D eigenvalue weighted by Crippen LogP contribution is -2.15. The highest BCUT2D eigenvalue weighted by Gasteiger charge is 2.13. The summed E-state index contributed by atoms with van der Waals surface area (Å²) in [5.74, 6) is -0.194. The van der Waals surface area contributed by atoms with E-state index in [0.717, 1.165) is 21.3 Å². The highest BCUT2D eigenvalue weighted by Crippen LogP contribution is 2.25. The number of nitrogens with one attached hydrogen (secondary N) is 1. The molecular weight excluding hydrogens is 340 g/mol. The Morgan fingerprint density at radius 1 is 1.25 bits per heavy atom. The van der Waals surface area contributed by atoms with Crippen LogP contribution in [0.5, 0.6) is 0 Å². The summed E-state index contributed by atoms with van der Waals surface area (Å²) in [6.07, 6.45) is 0. The van der Waals surface area contributed by atoms with Crippen LogP contribution in [-0.4, -0.2) is 5.91 Å². The summed E-state index contributed by atoms with van der Waals surface area (Å²) in [6, 6.07) is 8.86. The summed E-state index contributed by atoms with van der Waals surface area (Å²) >= 11 is 9.25. The molecule has 0 radical (unpaired) electrons. The Morgan fingerprint density at radius 2 is 1.95 bits per heavy atom. The number of nitrogens with two attached hydrogens (primary N) is 1. The first-order valence-electron chi connectivity index (χ1n) is 6.01. The molecule has 0 unspecified atom stereocenters. The van der Waals surface area contributed by atoms with E-state index in [-0.39, 0.29) is 5.91 Å². The molecule has 0 aliphatic rings. The quantitative estimate of drug-likeness (QED) is 0.778. The summed E-state index contributed by atoms with van der Waals surface area (Å²) in [7, 11) is 0. The number of amides is 1. The third kappa shape index (κ3) is 3.14. The van der Waals surface area contributed by atoms with E-state index in [2.05, 4.69) is 21.2 Å². The minimum absolute atomic E-state index is 0.194. The Bertz CT molecular complexity index is 686. The molecule has 0 aromatic heterocycles. The van der Waals surface area contributed by atoms with Crippen molar-refractivity contribution >= 4 is 44.8 Å². The fraction of sp³-hybridized carbons (Fsp3) is 0.133. The Labute approximate surface area is 131 Å². The molecule has 0 fully saturated rings. The number of aryl methyl sites for hydroxylation is 1. The highest BCUT2D eigenvalue weighted by atomic mass is 79.9. The molecular formula is C15H14BrClN2O. The number of rotatable bonds is 2. The number of carbonyl (C=O) groups excluding carboxylic acids is 1. The number of halogens is 2. The Hall–Kier alpha value is -1.52. The first kappa shape index (κ1) is 14.9. The predicted molar refractivity (Wildman–Crippen MR) is 87.4 cm³/mol. The van der Waals surface area contributed by atoms with E-state index < -0.39 is 0 Å². The number of anilines is 2. The fourth-order valence-electron chi connectivity index (χ4n) is 1.89. The molecule has 2 rings (SSSR count). The average Bonchev–Trinajstić information content (AvgIpc) is 2.37. The molecule has 5 heteroatoms. The second-order valence-electron chi connectivity index (χ2n) is 4.58. The lowest BCUT2D eigenvalue weighted by molar-refractivity contribution is 0.102. The molecule has 1 amide bonds. The maximum absolute atomic E-state index is 12.4. The number of hydrogen-bond donors (Lipinski definition) is 2. The summed E-state index contributed by atoms with van der Waals surface area (Å²) in [6.45, 7) is 3.72. The van der Waals surface area contributed by atoms with Gasteiger partial charge in [0, 0.05) is 26.4 Å². The second-order valence-corrected chi connectivity index (χ2v) is 5.93. The SMILES string of the molecule is Cc1cc(Cl)ccc1NC(=O)c1cc(Br)cc(N)c1C. The first-order valence-corrected chi connectivity index (χ1v) is 7.18. The third-order valence-electron chi connectivity index (χ3n) is 3.09. The van der Waals surface area contributed by atoms with E-state index in [0.29, 0.717) is 16.3 Å². The number of hydrogen-bond acceptors (Lipinski definition) is 2. The molecule has 3 nitrogen and oxygen atoms in total. The van der Waals surface area contributed by atoms with Crippen LogP contribution in [0.3, 0.4) is 0 Å². The lowest BCUT2D eigenvalue weighted by Gasteiger charge is -2.12. The maximum Gasteiger partial charge on any atom is 0.256 e. The summed E-state index contributed by atoms with van der Waals surface area (Å²) in [5, 5.41) is 3.52. The topological polar surface area (TPSA) is 55.1 Å². The van der Waals surface area contributed by atoms with Crippen LogP contribution >= 0.6 is 27.5 Å². The van der Waals surface area contributed by atoms with E-state index >= 15 is 0 Å². The van der Waals surface area contributed by atoms with Crippen LogP contribution < -0.4 is 11.1 Å². The number of carbonyl (C=O) groups is 1. The number of benzene rings is 2. The van der Waals surface area contributed by atoms with Gasteiger partial charge >= 0.3 is 0 Å². The molecule has 0 bridgehead atoms. The number of nitrogen functional groups attached to an aromatic ring is 1. The van der Waals surface area contributed by atoms with Crippen LogP contribution in [0.1, 0.15) is 21.5 Å². The van der Waals surface area contributed by atoms with E-state index in [4.69, 9.17) is 17.3 Å². The second kappa shape index (κ2) is 5.85. The molecule has 2 aromatic carbocycles.